The third kappa shape index (κ3) is 1.89. The Hall–Kier alpha value is -1.45. The smallest absolute Gasteiger partial charge is 0.134 e. The Balaban J connectivity index is 2.26. The lowest BCUT2D eigenvalue weighted by molar-refractivity contribution is 0.631. The molecule has 0 aliphatic heterocycles. The molecule has 0 bridgehead atoms. The maximum Gasteiger partial charge on any atom is 0.134 e. The van der Waals surface area contributed by atoms with E-state index >= 15 is 0 Å². The van der Waals surface area contributed by atoms with Crippen LogP contribution >= 0.6 is 22.9 Å². The number of aromatic nitrogens is 1. The summed E-state index contributed by atoms with van der Waals surface area (Å²) in [5.74, 6) is -0.335. The van der Waals surface area contributed by atoms with E-state index in [0.717, 1.165) is 15.8 Å². The minimum Gasteiger partial charge on any atom is -0.236 e. The molecule has 1 heterocycles. The molecule has 2 aromatic carbocycles. The van der Waals surface area contributed by atoms with Crippen molar-refractivity contribution in [2.75, 3.05) is 0 Å². The molecule has 0 amide bonds. The highest BCUT2D eigenvalue weighted by molar-refractivity contribution is 7.21. The molecule has 0 N–H and O–H groups in total. The Labute approximate surface area is 113 Å². The van der Waals surface area contributed by atoms with Gasteiger partial charge in [-0.3, -0.25) is 0 Å². The van der Waals surface area contributed by atoms with Gasteiger partial charge in [0.05, 0.1) is 20.8 Å². The topological polar surface area (TPSA) is 12.9 Å². The highest BCUT2D eigenvalue weighted by Gasteiger charge is 2.14. The molecular formula is C14H9ClFNS. The Bertz CT molecular complexity index is 715. The van der Waals surface area contributed by atoms with Crippen LogP contribution in [0.2, 0.25) is 5.02 Å². The van der Waals surface area contributed by atoms with Crippen LogP contribution in [-0.4, -0.2) is 4.98 Å². The normalized spacial score (nSPS) is 11.1. The predicted octanol–water partition coefficient (Wildman–Crippen LogP) is 5.06. The van der Waals surface area contributed by atoms with Crippen molar-refractivity contribution >= 4 is 33.2 Å². The number of nitrogens with zero attached hydrogens (tertiary/aromatic N) is 1. The fourth-order valence-electron chi connectivity index (χ4n) is 1.84. The third-order valence-electron chi connectivity index (χ3n) is 2.72. The van der Waals surface area contributed by atoms with Crippen LogP contribution in [0.1, 0.15) is 5.56 Å². The molecule has 0 saturated carbocycles. The Kier molecular flexibility index (Phi) is 2.80. The summed E-state index contributed by atoms with van der Waals surface area (Å²) in [5, 5.41) is 1.02. The van der Waals surface area contributed by atoms with E-state index in [1.54, 1.807) is 12.1 Å². The summed E-state index contributed by atoms with van der Waals surface area (Å²) in [6.45, 7) is 2.02. The summed E-state index contributed by atoms with van der Waals surface area (Å²) in [5.41, 5.74) is 2.43. The van der Waals surface area contributed by atoms with Crippen LogP contribution in [0.5, 0.6) is 0 Å². The van der Waals surface area contributed by atoms with Gasteiger partial charge in [-0.05, 0) is 36.8 Å². The summed E-state index contributed by atoms with van der Waals surface area (Å²) < 4.78 is 14.9. The zero-order chi connectivity index (χ0) is 12.7. The molecule has 3 aromatic rings. The number of fused-ring (bicyclic) bond motifs is 1. The van der Waals surface area contributed by atoms with E-state index in [2.05, 4.69) is 4.98 Å². The average Bonchev–Trinajstić information content (AvgIpc) is 2.71. The summed E-state index contributed by atoms with van der Waals surface area (Å²) in [6, 6.07) is 10.7. The van der Waals surface area contributed by atoms with E-state index in [-0.39, 0.29) is 5.82 Å². The minimum absolute atomic E-state index is 0.335. The zero-order valence-corrected chi connectivity index (χ0v) is 11.1. The Morgan fingerprint density at radius 3 is 2.83 bits per heavy atom. The summed E-state index contributed by atoms with van der Waals surface area (Å²) in [4.78, 5) is 4.44. The van der Waals surface area contributed by atoms with E-state index in [1.165, 1.54) is 17.4 Å². The van der Waals surface area contributed by atoms with Crippen molar-refractivity contribution in [3.63, 3.8) is 0 Å². The monoisotopic (exact) mass is 277 g/mol. The van der Waals surface area contributed by atoms with Gasteiger partial charge in [0.1, 0.15) is 10.8 Å². The van der Waals surface area contributed by atoms with E-state index in [4.69, 9.17) is 11.6 Å². The van der Waals surface area contributed by atoms with Crippen molar-refractivity contribution in [1.29, 1.82) is 0 Å². The molecule has 3 rings (SSSR count). The molecule has 0 unspecified atom stereocenters. The number of aryl methyl sites for hydroxylation is 1. The lowest BCUT2D eigenvalue weighted by Gasteiger charge is -2.00. The van der Waals surface area contributed by atoms with Crippen LogP contribution in [-0.2, 0) is 0 Å². The van der Waals surface area contributed by atoms with Gasteiger partial charge < -0.3 is 0 Å². The first-order valence-electron chi connectivity index (χ1n) is 5.47. The maximum absolute atomic E-state index is 13.8. The maximum atomic E-state index is 13.8. The molecule has 0 aliphatic carbocycles. The molecule has 0 aliphatic rings. The number of rotatable bonds is 1. The molecule has 0 fully saturated rings. The van der Waals surface area contributed by atoms with E-state index < -0.39 is 0 Å². The first-order chi connectivity index (χ1) is 8.65. The molecule has 1 nitrogen and oxygen atoms in total. The molecule has 0 spiro atoms. The number of halogens is 2. The second-order valence-electron chi connectivity index (χ2n) is 4.09. The van der Waals surface area contributed by atoms with Gasteiger partial charge in [-0.1, -0.05) is 23.7 Å². The van der Waals surface area contributed by atoms with Crippen molar-refractivity contribution in [2.24, 2.45) is 0 Å². The minimum atomic E-state index is -0.335. The van der Waals surface area contributed by atoms with E-state index in [9.17, 15) is 4.39 Å². The predicted molar refractivity (Wildman–Crippen MR) is 74.8 cm³/mol. The van der Waals surface area contributed by atoms with Gasteiger partial charge in [0.25, 0.3) is 0 Å². The first-order valence-corrected chi connectivity index (χ1v) is 6.66. The van der Waals surface area contributed by atoms with Crippen molar-refractivity contribution in [3.05, 3.63) is 52.8 Å². The van der Waals surface area contributed by atoms with Gasteiger partial charge in [-0.2, -0.15) is 0 Å². The SMILES string of the molecule is Cc1ccc2nc(-c3c(F)cccc3Cl)sc2c1. The molecule has 0 atom stereocenters. The molecular weight excluding hydrogens is 269 g/mol. The fourth-order valence-corrected chi connectivity index (χ4v) is 3.27. The van der Waals surface area contributed by atoms with Crippen molar-refractivity contribution in [2.45, 2.75) is 6.92 Å². The molecule has 0 saturated heterocycles. The van der Waals surface area contributed by atoms with Gasteiger partial charge in [-0.15, -0.1) is 11.3 Å². The van der Waals surface area contributed by atoms with Crippen molar-refractivity contribution < 1.29 is 4.39 Å². The van der Waals surface area contributed by atoms with Gasteiger partial charge >= 0.3 is 0 Å². The fraction of sp³-hybridized carbons (Fsp3) is 0.0714. The van der Waals surface area contributed by atoms with E-state index in [0.29, 0.717) is 15.6 Å². The number of hydrogen-bond donors (Lipinski definition) is 0. The molecule has 18 heavy (non-hydrogen) atoms. The van der Waals surface area contributed by atoms with Crippen LogP contribution in [0.4, 0.5) is 4.39 Å². The Morgan fingerprint density at radius 1 is 1.22 bits per heavy atom. The standard InChI is InChI=1S/C14H9ClFNS/c1-8-5-6-11-12(7-8)18-14(17-11)13-9(15)3-2-4-10(13)16/h2-7H,1H3. The highest BCUT2D eigenvalue weighted by atomic mass is 35.5. The highest BCUT2D eigenvalue weighted by Crippen LogP contribution is 2.36. The van der Waals surface area contributed by atoms with Gasteiger partial charge in [0.2, 0.25) is 0 Å². The van der Waals surface area contributed by atoms with Gasteiger partial charge in [0.15, 0.2) is 0 Å². The molecule has 4 heteroatoms. The van der Waals surface area contributed by atoms with Gasteiger partial charge in [-0.25, -0.2) is 9.37 Å². The average molecular weight is 278 g/mol. The molecule has 0 radical (unpaired) electrons. The van der Waals surface area contributed by atoms with Crippen molar-refractivity contribution in [1.82, 2.24) is 4.98 Å². The molecule has 90 valence electrons. The summed E-state index contributed by atoms with van der Waals surface area (Å²) in [7, 11) is 0. The second-order valence-corrected chi connectivity index (χ2v) is 5.52. The Morgan fingerprint density at radius 2 is 2.06 bits per heavy atom. The third-order valence-corrected chi connectivity index (χ3v) is 4.07. The largest absolute Gasteiger partial charge is 0.236 e. The van der Waals surface area contributed by atoms with Crippen LogP contribution in [0, 0.1) is 12.7 Å². The number of benzene rings is 2. The van der Waals surface area contributed by atoms with Crippen LogP contribution in [0.3, 0.4) is 0 Å². The number of thiazole rings is 1. The van der Waals surface area contributed by atoms with Crippen LogP contribution < -0.4 is 0 Å². The summed E-state index contributed by atoms with van der Waals surface area (Å²) in [6.07, 6.45) is 0. The molecule has 1 aromatic heterocycles. The first kappa shape index (κ1) is 11.6. The quantitative estimate of drug-likeness (QED) is 0.605. The summed E-state index contributed by atoms with van der Waals surface area (Å²) >= 11 is 7.51. The van der Waals surface area contributed by atoms with E-state index in [1.807, 2.05) is 25.1 Å². The lowest BCUT2D eigenvalue weighted by Crippen LogP contribution is -1.84. The second kappa shape index (κ2) is 4.34. The lowest BCUT2D eigenvalue weighted by atomic mass is 10.2. The van der Waals surface area contributed by atoms with Crippen LogP contribution in [0.25, 0.3) is 20.8 Å². The van der Waals surface area contributed by atoms with Crippen LogP contribution in [0.15, 0.2) is 36.4 Å². The number of hydrogen-bond acceptors (Lipinski definition) is 2. The zero-order valence-electron chi connectivity index (χ0n) is 9.58. The van der Waals surface area contributed by atoms with Gasteiger partial charge in [0, 0.05) is 0 Å². The van der Waals surface area contributed by atoms with Crippen molar-refractivity contribution in [3.8, 4) is 10.6 Å².